The summed E-state index contributed by atoms with van der Waals surface area (Å²) in [4.78, 5) is 17.1. The molecule has 3 aliphatic heterocycles. The number of amides is 1. The molecule has 1 N–H and O–H groups in total. The average molecular weight is 336 g/mol. The maximum Gasteiger partial charge on any atom is 0.227 e. The first-order chi connectivity index (χ1) is 11.6. The number of fused-ring (bicyclic) bond motifs is 4. The molecule has 0 aliphatic carbocycles. The van der Waals surface area contributed by atoms with E-state index < -0.39 is 0 Å². The molecule has 1 aromatic rings. The Morgan fingerprint density at radius 3 is 2.92 bits per heavy atom. The van der Waals surface area contributed by atoms with E-state index in [-0.39, 0.29) is 12.5 Å². The second kappa shape index (κ2) is 7.63. The first-order valence-electron chi connectivity index (χ1n) is 8.78. The number of carbonyl (C=O) groups excluding carboxylic acids is 1. The van der Waals surface area contributed by atoms with E-state index >= 15 is 0 Å². The van der Waals surface area contributed by atoms with Gasteiger partial charge in [0.2, 0.25) is 5.91 Å². The minimum absolute atomic E-state index is 0.0946. The fourth-order valence-corrected chi connectivity index (χ4v) is 3.91. The lowest BCUT2D eigenvalue weighted by atomic mass is 9.94. The van der Waals surface area contributed by atoms with Gasteiger partial charge in [0.15, 0.2) is 0 Å². The molecule has 3 saturated heterocycles. The molecule has 3 fully saturated rings. The molecule has 0 saturated carbocycles. The summed E-state index contributed by atoms with van der Waals surface area (Å²) >= 11 is 0. The molecule has 7 heteroatoms. The molecule has 2 bridgehead atoms. The largest absolute Gasteiger partial charge is 0.394 e. The Morgan fingerprint density at radius 2 is 2.17 bits per heavy atom. The van der Waals surface area contributed by atoms with Gasteiger partial charge in [0.25, 0.3) is 0 Å². The molecule has 2 unspecified atom stereocenters. The van der Waals surface area contributed by atoms with Gasteiger partial charge in [-0.1, -0.05) is 0 Å². The van der Waals surface area contributed by atoms with Crippen molar-refractivity contribution in [3.8, 4) is 0 Å². The number of hydrogen-bond donors (Lipinski definition) is 1. The van der Waals surface area contributed by atoms with Gasteiger partial charge in [-0.05, 0) is 19.8 Å². The van der Waals surface area contributed by atoms with Gasteiger partial charge < -0.3 is 14.7 Å². The smallest absolute Gasteiger partial charge is 0.227 e. The van der Waals surface area contributed by atoms with Crippen LogP contribution in [0.4, 0.5) is 0 Å². The van der Waals surface area contributed by atoms with Gasteiger partial charge in [0.05, 0.1) is 31.4 Å². The molecule has 4 heterocycles. The Hall–Kier alpha value is -1.44. The van der Waals surface area contributed by atoms with Gasteiger partial charge in [-0.15, -0.1) is 0 Å². The Kier molecular flexibility index (Phi) is 5.53. The van der Waals surface area contributed by atoms with Crippen LogP contribution in [0.5, 0.6) is 0 Å². The van der Waals surface area contributed by atoms with Crippen molar-refractivity contribution in [2.24, 2.45) is 5.92 Å². The quantitative estimate of drug-likeness (QED) is 0.773. The highest BCUT2D eigenvalue weighted by Gasteiger charge is 2.40. The van der Waals surface area contributed by atoms with Gasteiger partial charge in [0, 0.05) is 51.1 Å². The van der Waals surface area contributed by atoms with E-state index in [4.69, 9.17) is 9.84 Å². The van der Waals surface area contributed by atoms with Gasteiger partial charge in [-0.2, -0.15) is 5.10 Å². The van der Waals surface area contributed by atoms with Gasteiger partial charge >= 0.3 is 0 Å². The molecule has 2 atom stereocenters. The van der Waals surface area contributed by atoms with E-state index in [2.05, 4.69) is 10.00 Å². The van der Waals surface area contributed by atoms with Crippen molar-refractivity contribution in [3.63, 3.8) is 0 Å². The van der Waals surface area contributed by atoms with Crippen molar-refractivity contribution in [1.29, 1.82) is 0 Å². The highest BCUT2D eigenvalue weighted by molar-refractivity contribution is 5.80. The highest BCUT2D eigenvalue weighted by Crippen LogP contribution is 2.29. The number of aliphatic hydroxyl groups excluding tert-OH is 1. The van der Waals surface area contributed by atoms with Gasteiger partial charge in [-0.3, -0.25) is 14.4 Å². The zero-order valence-electron chi connectivity index (χ0n) is 14.6. The number of methoxy groups -OCH3 is 1. The summed E-state index contributed by atoms with van der Waals surface area (Å²) in [6.07, 6.45) is 4.09. The minimum atomic E-state index is 0.0946. The second-order valence-electron chi connectivity index (χ2n) is 6.87. The first-order valence-corrected chi connectivity index (χ1v) is 8.78. The number of aryl methyl sites for hydroxylation is 1. The number of carbonyl (C=O) groups is 1. The summed E-state index contributed by atoms with van der Waals surface area (Å²) in [6, 6.07) is 0.291. The van der Waals surface area contributed by atoms with Crippen molar-refractivity contribution < 1.29 is 14.6 Å². The summed E-state index contributed by atoms with van der Waals surface area (Å²) < 4.78 is 6.97. The Morgan fingerprint density at radius 1 is 1.33 bits per heavy atom. The SMILES string of the molecule is COCCN1C(=O)C2CCC1CN(Cc1cn(CCO)nc1C)C2. The fourth-order valence-electron chi connectivity index (χ4n) is 3.91. The van der Waals surface area contributed by atoms with E-state index in [0.29, 0.717) is 31.6 Å². The lowest BCUT2D eigenvalue weighted by molar-refractivity contribution is -0.140. The second-order valence-corrected chi connectivity index (χ2v) is 6.87. The van der Waals surface area contributed by atoms with Crippen LogP contribution in [0.2, 0.25) is 0 Å². The third kappa shape index (κ3) is 3.63. The van der Waals surface area contributed by atoms with E-state index in [0.717, 1.165) is 38.2 Å². The molecular formula is C17H28N4O3. The van der Waals surface area contributed by atoms with Crippen LogP contribution in [0.1, 0.15) is 24.1 Å². The molecule has 1 amide bonds. The number of ether oxygens (including phenoxy) is 1. The highest BCUT2D eigenvalue weighted by atomic mass is 16.5. The minimum Gasteiger partial charge on any atom is -0.394 e. The number of rotatable bonds is 7. The van der Waals surface area contributed by atoms with Crippen molar-refractivity contribution in [2.45, 2.75) is 38.9 Å². The van der Waals surface area contributed by atoms with Gasteiger partial charge in [-0.25, -0.2) is 0 Å². The van der Waals surface area contributed by atoms with Crippen molar-refractivity contribution in [2.75, 3.05) is 40.0 Å². The number of hydrogen-bond acceptors (Lipinski definition) is 5. The van der Waals surface area contributed by atoms with E-state index in [1.807, 2.05) is 18.0 Å². The zero-order valence-corrected chi connectivity index (χ0v) is 14.6. The van der Waals surface area contributed by atoms with Crippen LogP contribution in [0.25, 0.3) is 0 Å². The monoisotopic (exact) mass is 336 g/mol. The van der Waals surface area contributed by atoms with Crippen molar-refractivity contribution in [3.05, 3.63) is 17.5 Å². The maximum atomic E-state index is 12.7. The molecule has 1 aromatic heterocycles. The summed E-state index contributed by atoms with van der Waals surface area (Å²) in [5.74, 6) is 0.395. The van der Waals surface area contributed by atoms with Crippen LogP contribution in [-0.4, -0.2) is 76.6 Å². The lowest BCUT2D eigenvalue weighted by Crippen LogP contribution is -2.49. The Bertz CT molecular complexity index is 574. The van der Waals surface area contributed by atoms with Gasteiger partial charge in [0.1, 0.15) is 0 Å². The topological polar surface area (TPSA) is 70.8 Å². The molecule has 3 aliphatic rings. The van der Waals surface area contributed by atoms with Crippen LogP contribution >= 0.6 is 0 Å². The summed E-state index contributed by atoms with van der Waals surface area (Å²) in [6.45, 7) is 6.47. The zero-order chi connectivity index (χ0) is 17.1. The maximum absolute atomic E-state index is 12.7. The Labute approximate surface area is 143 Å². The molecule has 24 heavy (non-hydrogen) atoms. The standard InChI is InChI=1S/C17H28N4O3/c1-13-15(11-20(18-13)5-7-22)10-19-9-14-3-4-16(12-19)21(17(14)23)6-8-24-2/h11,14,16,22H,3-10,12H2,1-2H3. The number of aliphatic hydroxyl groups is 1. The molecule has 0 spiro atoms. The summed E-state index contributed by atoms with van der Waals surface area (Å²) in [5, 5.41) is 13.5. The number of piperidine rings is 1. The molecule has 0 radical (unpaired) electrons. The van der Waals surface area contributed by atoms with E-state index in [9.17, 15) is 4.79 Å². The third-order valence-corrected chi connectivity index (χ3v) is 5.18. The van der Waals surface area contributed by atoms with E-state index in [1.54, 1.807) is 11.8 Å². The van der Waals surface area contributed by atoms with E-state index in [1.165, 1.54) is 5.56 Å². The first kappa shape index (κ1) is 17.4. The van der Waals surface area contributed by atoms with Crippen molar-refractivity contribution >= 4 is 5.91 Å². The molecular weight excluding hydrogens is 308 g/mol. The van der Waals surface area contributed by atoms with Crippen LogP contribution in [0, 0.1) is 12.8 Å². The predicted molar refractivity (Wildman–Crippen MR) is 89.4 cm³/mol. The van der Waals surface area contributed by atoms with Crippen LogP contribution < -0.4 is 0 Å². The normalized spacial score (nSPS) is 24.6. The van der Waals surface area contributed by atoms with Crippen molar-refractivity contribution in [1.82, 2.24) is 19.6 Å². The molecule has 4 rings (SSSR count). The van der Waals surface area contributed by atoms with Crippen LogP contribution in [0.15, 0.2) is 6.20 Å². The lowest BCUT2D eigenvalue weighted by Gasteiger charge is -2.35. The predicted octanol–water partition coefficient (Wildman–Crippen LogP) is 0.253. The third-order valence-electron chi connectivity index (χ3n) is 5.18. The summed E-state index contributed by atoms with van der Waals surface area (Å²) in [7, 11) is 1.68. The fraction of sp³-hybridized carbons (Fsp3) is 0.765. The molecule has 134 valence electrons. The Balaban J connectivity index is 1.69. The molecule has 0 aromatic carbocycles. The number of nitrogens with zero attached hydrogens (tertiary/aromatic N) is 4. The average Bonchev–Trinajstić information content (AvgIpc) is 2.72. The van der Waals surface area contributed by atoms with Crippen LogP contribution in [-0.2, 0) is 22.6 Å². The molecule has 7 nitrogen and oxygen atoms in total. The number of aromatic nitrogens is 2. The van der Waals surface area contributed by atoms with Crippen LogP contribution in [0.3, 0.4) is 0 Å². The summed E-state index contributed by atoms with van der Waals surface area (Å²) in [5.41, 5.74) is 2.18.